The van der Waals surface area contributed by atoms with Gasteiger partial charge >= 0.3 is 5.97 Å². The Balaban J connectivity index is 3.19. The number of halogens is 3. The number of rotatable bonds is 5. The predicted octanol–water partition coefficient (Wildman–Crippen LogP) is 2.89. The van der Waals surface area contributed by atoms with Crippen molar-refractivity contribution in [2.45, 2.75) is 25.1 Å². The summed E-state index contributed by atoms with van der Waals surface area (Å²) in [6.07, 6.45) is -2.96. The summed E-state index contributed by atoms with van der Waals surface area (Å²) >= 11 is 3.04. The maximum absolute atomic E-state index is 12.9. The minimum absolute atomic E-state index is 0.0353. The van der Waals surface area contributed by atoms with Crippen LogP contribution in [0.2, 0.25) is 0 Å². The molecule has 0 aromatic carbocycles. The maximum Gasteiger partial charge on any atom is 0.310 e. The Bertz CT molecular complexity index is 515. The molecule has 0 N–H and O–H groups in total. The van der Waals surface area contributed by atoms with Crippen molar-refractivity contribution in [3.8, 4) is 6.07 Å². The monoisotopic (exact) mass is 332 g/mol. The molecule has 1 aromatic heterocycles. The van der Waals surface area contributed by atoms with Crippen LogP contribution in [0.25, 0.3) is 0 Å². The number of aromatic nitrogens is 1. The summed E-state index contributed by atoms with van der Waals surface area (Å²) in [6, 6.07) is 2.94. The molecule has 0 atom stereocenters. The van der Waals surface area contributed by atoms with Crippen molar-refractivity contribution in [2.75, 3.05) is 6.61 Å². The van der Waals surface area contributed by atoms with Gasteiger partial charge in [-0.1, -0.05) is 15.9 Å². The Hall–Kier alpha value is -1.55. The van der Waals surface area contributed by atoms with Crippen molar-refractivity contribution in [2.24, 2.45) is 0 Å². The third-order valence-corrected chi connectivity index (χ3v) is 2.85. The molecule has 1 aromatic rings. The molecule has 0 aliphatic heterocycles. The first-order valence-corrected chi connectivity index (χ1v) is 6.58. The normalized spacial score (nSPS) is 10.3. The van der Waals surface area contributed by atoms with Gasteiger partial charge in [0.15, 0.2) is 0 Å². The second-order valence-electron chi connectivity index (χ2n) is 3.56. The van der Waals surface area contributed by atoms with Crippen molar-refractivity contribution in [3.63, 3.8) is 0 Å². The van der Waals surface area contributed by atoms with E-state index in [0.29, 0.717) is 0 Å². The predicted molar refractivity (Wildman–Crippen MR) is 66.9 cm³/mol. The van der Waals surface area contributed by atoms with E-state index >= 15 is 0 Å². The molecule has 0 spiro atoms. The summed E-state index contributed by atoms with van der Waals surface area (Å²) in [5.41, 5.74) is -0.0674. The molecular formula is C12H11BrF2N2O2. The van der Waals surface area contributed by atoms with Crippen LogP contribution in [0.4, 0.5) is 8.78 Å². The lowest BCUT2D eigenvalue weighted by Gasteiger charge is -2.10. The smallest absolute Gasteiger partial charge is 0.310 e. The zero-order chi connectivity index (χ0) is 14.4. The number of ether oxygens (including phenoxy) is 1. The third kappa shape index (κ3) is 3.96. The highest BCUT2D eigenvalue weighted by Gasteiger charge is 2.19. The van der Waals surface area contributed by atoms with Crippen LogP contribution < -0.4 is 0 Å². The number of hydrogen-bond donors (Lipinski definition) is 0. The van der Waals surface area contributed by atoms with E-state index < -0.39 is 12.4 Å². The first-order chi connectivity index (χ1) is 9.03. The molecule has 0 amide bonds. The fourth-order valence-corrected chi connectivity index (χ4v) is 1.95. The molecule has 19 heavy (non-hydrogen) atoms. The van der Waals surface area contributed by atoms with Gasteiger partial charge < -0.3 is 4.74 Å². The molecule has 0 bridgehead atoms. The summed E-state index contributed by atoms with van der Waals surface area (Å²) in [7, 11) is 0. The van der Waals surface area contributed by atoms with E-state index in [1.807, 2.05) is 0 Å². The van der Waals surface area contributed by atoms with Gasteiger partial charge in [0.1, 0.15) is 11.8 Å². The molecule has 0 fully saturated rings. The fraction of sp³-hybridized carbons (Fsp3) is 0.417. The molecule has 0 aliphatic carbocycles. The van der Waals surface area contributed by atoms with Gasteiger partial charge in [0, 0.05) is 16.5 Å². The van der Waals surface area contributed by atoms with E-state index in [2.05, 4.69) is 20.9 Å². The number of nitriles is 1. The Morgan fingerprint density at radius 3 is 2.79 bits per heavy atom. The van der Waals surface area contributed by atoms with Gasteiger partial charge in [-0.15, -0.1) is 0 Å². The Morgan fingerprint density at radius 1 is 1.63 bits per heavy atom. The minimum Gasteiger partial charge on any atom is -0.466 e. The Morgan fingerprint density at radius 2 is 2.32 bits per heavy atom. The molecular weight excluding hydrogens is 322 g/mol. The summed E-state index contributed by atoms with van der Waals surface area (Å²) in [4.78, 5) is 15.2. The lowest BCUT2D eigenvalue weighted by Crippen LogP contribution is -2.11. The molecule has 0 unspecified atom stereocenters. The van der Waals surface area contributed by atoms with Crippen molar-refractivity contribution in [1.29, 1.82) is 5.26 Å². The van der Waals surface area contributed by atoms with Crippen LogP contribution in [0.1, 0.15) is 35.9 Å². The van der Waals surface area contributed by atoms with E-state index in [1.165, 1.54) is 0 Å². The standard InChI is InChI=1S/C12H11BrF2N2O2/c1-2-19-11(18)4-7-3-8(12(14)15)9(5-13)17-10(7)6-16/h3,12H,2,4-5H2,1H3. The molecule has 1 heterocycles. The second-order valence-corrected chi connectivity index (χ2v) is 4.12. The zero-order valence-corrected chi connectivity index (χ0v) is 11.7. The lowest BCUT2D eigenvalue weighted by atomic mass is 10.1. The van der Waals surface area contributed by atoms with E-state index in [1.54, 1.807) is 13.0 Å². The quantitative estimate of drug-likeness (QED) is 0.614. The number of carbonyl (C=O) groups excluding carboxylic acids is 1. The fourth-order valence-electron chi connectivity index (χ4n) is 1.51. The molecule has 0 saturated carbocycles. The first-order valence-electron chi connectivity index (χ1n) is 5.46. The molecule has 0 saturated heterocycles. The van der Waals surface area contributed by atoms with Crippen molar-refractivity contribution < 1.29 is 18.3 Å². The van der Waals surface area contributed by atoms with Gasteiger partial charge in [-0.05, 0) is 13.0 Å². The van der Waals surface area contributed by atoms with Gasteiger partial charge in [0.25, 0.3) is 6.43 Å². The van der Waals surface area contributed by atoms with Crippen LogP contribution in [0.15, 0.2) is 6.07 Å². The molecule has 102 valence electrons. The van der Waals surface area contributed by atoms with Crippen LogP contribution in [-0.4, -0.2) is 17.6 Å². The second kappa shape index (κ2) is 7.14. The van der Waals surface area contributed by atoms with Crippen LogP contribution in [0, 0.1) is 11.3 Å². The molecule has 0 aliphatic rings. The zero-order valence-electron chi connectivity index (χ0n) is 10.1. The molecule has 1 rings (SSSR count). The molecule has 0 radical (unpaired) electrons. The van der Waals surface area contributed by atoms with E-state index in [4.69, 9.17) is 10.00 Å². The van der Waals surface area contributed by atoms with E-state index in [0.717, 1.165) is 6.07 Å². The Kier molecular flexibility index (Phi) is 5.83. The summed E-state index contributed by atoms with van der Waals surface area (Å²) in [6.45, 7) is 1.83. The van der Waals surface area contributed by atoms with Crippen LogP contribution in [0.5, 0.6) is 0 Å². The average Bonchev–Trinajstić information content (AvgIpc) is 2.38. The number of hydrogen-bond acceptors (Lipinski definition) is 4. The van der Waals surface area contributed by atoms with Gasteiger partial charge in [-0.3, -0.25) is 4.79 Å². The average molecular weight is 333 g/mol. The third-order valence-electron chi connectivity index (χ3n) is 2.32. The highest BCUT2D eigenvalue weighted by atomic mass is 79.9. The number of esters is 1. The van der Waals surface area contributed by atoms with E-state index in [9.17, 15) is 13.6 Å². The number of pyridine rings is 1. The summed E-state index contributed by atoms with van der Waals surface area (Å²) < 4.78 is 30.4. The van der Waals surface area contributed by atoms with Gasteiger partial charge in [0.2, 0.25) is 0 Å². The highest BCUT2D eigenvalue weighted by molar-refractivity contribution is 9.08. The maximum atomic E-state index is 12.9. The highest BCUT2D eigenvalue weighted by Crippen LogP contribution is 2.26. The van der Waals surface area contributed by atoms with Gasteiger partial charge in [-0.25, -0.2) is 13.8 Å². The van der Waals surface area contributed by atoms with Crippen molar-refractivity contribution in [3.05, 3.63) is 28.6 Å². The molecule has 7 heteroatoms. The van der Waals surface area contributed by atoms with Gasteiger partial charge in [-0.2, -0.15) is 5.26 Å². The topological polar surface area (TPSA) is 63.0 Å². The van der Waals surface area contributed by atoms with Crippen LogP contribution in [0.3, 0.4) is 0 Å². The summed E-state index contributed by atoms with van der Waals surface area (Å²) in [5.74, 6) is -0.576. The van der Waals surface area contributed by atoms with Crippen LogP contribution in [-0.2, 0) is 21.3 Å². The molecule has 4 nitrogen and oxygen atoms in total. The largest absolute Gasteiger partial charge is 0.466 e. The lowest BCUT2D eigenvalue weighted by molar-refractivity contribution is -0.142. The summed E-state index contributed by atoms with van der Waals surface area (Å²) in [5, 5.41) is 9.06. The van der Waals surface area contributed by atoms with Gasteiger partial charge in [0.05, 0.1) is 18.7 Å². The van der Waals surface area contributed by atoms with Crippen molar-refractivity contribution in [1.82, 2.24) is 4.98 Å². The Labute approximate surface area is 117 Å². The minimum atomic E-state index is -2.71. The van der Waals surface area contributed by atoms with Crippen molar-refractivity contribution >= 4 is 21.9 Å². The number of alkyl halides is 3. The number of nitrogens with zero attached hydrogens (tertiary/aromatic N) is 2. The van der Waals surface area contributed by atoms with E-state index in [-0.39, 0.29) is 40.9 Å². The SMILES string of the molecule is CCOC(=O)Cc1cc(C(F)F)c(CBr)nc1C#N. The van der Waals surface area contributed by atoms with Crippen LogP contribution >= 0.6 is 15.9 Å². The first kappa shape index (κ1) is 15.5. The number of carbonyl (C=O) groups is 1.